The largest absolute Gasteiger partial charge is 0.395 e. The van der Waals surface area contributed by atoms with Crippen LogP contribution in [0.15, 0.2) is 18.3 Å². The molecule has 0 spiro atoms. The van der Waals surface area contributed by atoms with E-state index in [1.807, 2.05) is 30.7 Å². The molecule has 144 valence electrons. The average Bonchev–Trinajstić information content (AvgIpc) is 2.96. The van der Waals surface area contributed by atoms with Crippen molar-refractivity contribution < 1.29 is 9.84 Å². The van der Waals surface area contributed by atoms with E-state index in [0.717, 1.165) is 28.7 Å². The Bertz CT molecular complexity index is 910. The number of rotatable bonds is 9. The van der Waals surface area contributed by atoms with Gasteiger partial charge in [0.1, 0.15) is 16.9 Å². The fourth-order valence-corrected chi connectivity index (χ4v) is 2.81. The highest BCUT2D eigenvalue weighted by molar-refractivity contribution is 5.90. The zero-order chi connectivity index (χ0) is 19.2. The van der Waals surface area contributed by atoms with Gasteiger partial charge >= 0.3 is 0 Å². The first kappa shape index (κ1) is 19.0. The molecule has 0 unspecified atom stereocenters. The van der Waals surface area contributed by atoms with Gasteiger partial charge in [-0.3, -0.25) is 4.68 Å². The number of aryl methyl sites for hydroxylation is 3. The molecule has 27 heavy (non-hydrogen) atoms. The van der Waals surface area contributed by atoms with Crippen LogP contribution in [0.25, 0.3) is 11.0 Å². The topological polar surface area (TPSA) is 110 Å². The number of hydrogen-bond acceptors (Lipinski definition) is 8. The lowest BCUT2D eigenvalue weighted by atomic mass is 10.3. The smallest absolute Gasteiger partial charge is 0.225 e. The Balaban J connectivity index is 2.05. The Kier molecular flexibility index (Phi) is 6.15. The molecule has 0 saturated carbocycles. The standard InChI is InChI=1S/C18H25N7O2/c1-12-5-6-19-14(11-12)21-17-16-15(22-18(23-17)20-7-9-26)13(2)24-25(16)8-4-10-27-3/h5-6,11,26H,4,7-10H2,1-3H3,(H2,19,20,21,22,23). The van der Waals surface area contributed by atoms with E-state index < -0.39 is 0 Å². The van der Waals surface area contributed by atoms with E-state index >= 15 is 0 Å². The fourth-order valence-electron chi connectivity index (χ4n) is 2.81. The molecule has 9 heteroatoms. The van der Waals surface area contributed by atoms with Crippen LogP contribution < -0.4 is 10.6 Å². The van der Waals surface area contributed by atoms with Crippen LogP contribution >= 0.6 is 0 Å². The summed E-state index contributed by atoms with van der Waals surface area (Å²) in [6.07, 6.45) is 2.58. The molecule has 3 N–H and O–H groups in total. The Labute approximate surface area is 157 Å². The van der Waals surface area contributed by atoms with Crippen LogP contribution in [-0.4, -0.2) is 56.7 Å². The normalized spacial score (nSPS) is 11.1. The van der Waals surface area contributed by atoms with Crippen LogP contribution in [0.5, 0.6) is 0 Å². The van der Waals surface area contributed by atoms with E-state index in [-0.39, 0.29) is 6.61 Å². The Morgan fingerprint density at radius 3 is 2.85 bits per heavy atom. The third kappa shape index (κ3) is 4.50. The van der Waals surface area contributed by atoms with Gasteiger partial charge in [0, 0.05) is 33.0 Å². The number of aliphatic hydroxyl groups is 1. The minimum atomic E-state index is -0.00113. The van der Waals surface area contributed by atoms with Gasteiger partial charge in [-0.25, -0.2) is 9.97 Å². The zero-order valence-electron chi connectivity index (χ0n) is 15.9. The van der Waals surface area contributed by atoms with Crippen molar-refractivity contribution in [1.82, 2.24) is 24.7 Å². The van der Waals surface area contributed by atoms with Gasteiger partial charge in [0.2, 0.25) is 5.95 Å². The number of pyridine rings is 1. The summed E-state index contributed by atoms with van der Waals surface area (Å²) in [5, 5.41) is 20.0. The minimum absolute atomic E-state index is 0.00113. The highest BCUT2D eigenvalue weighted by Gasteiger charge is 2.17. The first-order valence-electron chi connectivity index (χ1n) is 8.91. The maximum atomic E-state index is 9.08. The molecule has 0 aliphatic rings. The number of hydrogen-bond donors (Lipinski definition) is 3. The summed E-state index contributed by atoms with van der Waals surface area (Å²) in [5.41, 5.74) is 3.50. The van der Waals surface area contributed by atoms with Crippen molar-refractivity contribution >= 4 is 28.6 Å². The van der Waals surface area contributed by atoms with Gasteiger partial charge in [-0.15, -0.1) is 0 Å². The van der Waals surface area contributed by atoms with E-state index in [1.54, 1.807) is 13.3 Å². The molecule has 0 radical (unpaired) electrons. The van der Waals surface area contributed by atoms with Crippen molar-refractivity contribution in [2.75, 3.05) is 37.5 Å². The summed E-state index contributed by atoms with van der Waals surface area (Å²) in [5.74, 6) is 1.76. The molecule has 0 aromatic carbocycles. The van der Waals surface area contributed by atoms with E-state index in [1.165, 1.54) is 0 Å². The number of nitrogens with one attached hydrogen (secondary N) is 2. The van der Waals surface area contributed by atoms with Crippen LogP contribution in [0, 0.1) is 13.8 Å². The molecule has 0 aliphatic carbocycles. The number of aromatic nitrogens is 5. The summed E-state index contributed by atoms with van der Waals surface area (Å²) in [7, 11) is 1.69. The van der Waals surface area contributed by atoms with Crippen LogP contribution in [0.1, 0.15) is 17.7 Å². The Hall–Kier alpha value is -2.78. The third-order valence-electron chi connectivity index (χ3n) is 4.03. The monoisotopic (exact) mass is 371 g/mol. The SMILES string of the molecule is COCCCn1nc(C)c2nc(NCCO)nc(Nc3cc(C)ccn3)c21. The molecule has 0 amide bonds. The van der Waals surface area contributed by atoms with Crippen molar-refractivity contribution in [3.63, 3.8) is 0 Å². The Morgan fingerprint density at radius 1 is 1.26 bits per heavy atom. The van der Waals surface area contributed by atoms with Gasteiger partial charge in [0.15, 0.2) is 5.82 Å². The van der Waals surface area contributed by atoms with Gasteiger partial charge in [-0.1, -0.05) is 0 Å². The summed E-state index contributed by atoms with van der Waals surface area (Å²) < 4.78 is 7.05. The van der Waals surface area contributed by atoms with Crippen LogP contribution in [0.4, 0.5) is 17.6 Å². The molecule has 3 rings (SSSR count). The molecule has 3 aromatic heterocycles. The lowest BCUT2D eigenvalue weighted by molar-refractivity contribution is 0.189. The maximum absolute atomic E-state index is 9.08. The number of methoxy groups -OCH3 is 1. The number of anilines is 3. The number of aliphatic hydroxyl groups excluding tert-OH is 1. The van der Waals surface area contributed by atoms with Gasteiger partial charge in [-0.2, -0.15) is 10.1 Å². The first-order valence-corrected chi connectivity index (χ1v) is 8.91. The summed E-state index contributed by atoms with van der Waals surface area (Å²) in [6.45, 7) is 5.65. The minimum Gasteiger partial charge on any atom is -0.395 e. The molecule has 0 atom stereocenters. The van der Waals surface area contributed by atoms with Crippen LogP contribution in [0.3, 0.4) is 0 Å². The molecule has 3 heterocycles. The molecule has 3 aromatic rings. The lowest BCUT2D eigenvalue weighted by Gasteiger charge is -2.11. The molecule has 9 nitrogen and oxygen atoms in total. The van der Waals surface area contributed by atoms with E-state index in [0.29, 0.717) is 37.3 Å². The summed E-state index contributed by atoms with van der Waals surface area (Å²) in [6, 6.07) is 3.89. The number of nitrogens with zero attached hydrogens (tertiary/aromatic N) is 5. The molecule has 0 saturated heterocycles. The van der Waals surface area contributed by atoms with Crippen molar-refractivity contribution in [2.24, 2.45) is 0 Å². The second-order valence-electron chi connectivity index (χ2n) is 6.24. The maximum Gasteiger partial charge on any atom is 0.225 e. The third-order valence-corrected chi connectivity index (χ3v) is 4.03. The average molecular weight is 371 g/mol. The van der Waals surface area contributed by atoms with E-state index in [4.69, 9.17) is 9.84 Å². The van der Waals surface area contributed by atoms with Gasteiger partial charge in [-0.05, 0) is 38.0 Å². The van der Waals surface area contributed by atoms with Crippen molar-refractivity contribution in [1.29, 1.82) is 0 Å². The first-order chi connectivity index (χ1) is 13.1. The summed E-state index contributed by atoms with van der Waals surface area (Å²) >= 11 is 0. The zero-order valence-corrected chi connectivity index (χ0v) is 15.9. The van der Waals surface area contributed by atoms with E-state index in [9.17, 15) is 0 Å². The predicted molar refractivity (Wildman–Crippen MR) is 104 cm³/mol. The predicted octanol–water partition coefficient (Wildman–Crippen LogP) is 2.02. The molecular weight excluding hydrogens is 346 g/mol. The van der Waals surface area contributed by atoms with Gasteiger partial charge < -0.3 is 20.5 Å². The van der Waals surface area contributed by atoms with E-state index in [2.05, 4.69) is 30.7 Å². The van der Waals surface area contributed by atoms with Crippen molar-refractivity contribution in [2.45, 2.75) is 26.8 Å². The quantitative estimate of drug-likeness (QED) is 0.490. The van der Waals surface area contributed by atoms with Crippen LogP contribution in [0.2, 0.25) is 0 Å². The Morgan fingerprint density at radius 2 is 2.11 bits per heavy atom. The fraction of sp³-hybridized carbons (Fsp3) is 0.444. The molecule has 0 fully saturated rings. The highest BCUT2D eigenvalue weighted by atomic mass is 16.5. The summed E-state index contributed by atoms with van der Waals surface area (Å²) in [4.78, 5) is 13.5. The lowest BCUT2D eigenvalue weighted by Crippen LogP contribution is -2.11. The molecular formula is C18H25N7O2. The highest BCUT2D eigenvalue weighted by Crippen LogP contribution is 2.27. The molecule has 0 bridgehead atoms. The number of fused-ring (bicyclic) bond motifs is 1. The van der Waals surface area contributed by atoms with Crippen molar-refractivity contribution in [3.05, 3.63) is 29.6 Å². The van der Waals surface area contributed by atoms with Gasteiger partial charge in [0.05, 0.1) is 12.3 Å². The second kappa shape index (κ2) is 8.74. The van der Waals surface area contributed by atoms with Gasteiger partial charge in [0.25, 0.3) is 0 Å². The van der Waals surface area contributed by atoms with Crippen LogP contribution in [-0.2, 0) is 11.3 Å². The second-order valence-corrected chi connectivity index (χ2v) is 6.24. The number of ether oxygens (including phenoxy) is 1. The van der Waals surface area contributed by atoms with Crippen molar-refractivity contribution in [3.8, 4) is 0 Å². The molecule has 0 aliphatic heterocycles.